The van der Waals surface area contributed by atoms with Gasteiger partial charge in [-0.05, 0) is 29.8 Å². The van der Waals surface area contributed by atoms with Crippen molar-refractivity contribution < 1.29 is 22.7 Å². The van der Waals surface area contributed by atoms with E-state index in [1.54, 1.807) is 18.2 Å². The Hall–Kier alpha value is -4.17. The normalized spacial score (nSPS) is 13.1. The summed E-state index contributed by atoms with van der Waals surface area (Å²) in [5, 5.41) is 0.210. The van der Waals surface area contributed by atoms with E-state index in [9.17, 15) is 18.0 Å². The Morgan fingerprint density at radius 3 is 2.11 bits per heavy atom. The largest absolute Gasteiger partial charge is 0.457 e. The van der Waals surface area contributed by atoms with Crippen LogP contribution in [0, 0.1) is 0 Å². The molecule has 4 aromatic carbocycles. The fourth-order valence-electron chi connectivity index (χ4n) is 4.62. The van der Waals surface area contributed by atoms with Gasteiger partial charge in [0.1, 0.15) is 11.5 Å². The summed E-state index contributed by atoms with van der Waals surface area (Å²) in [5.74, 6) is 0.143. The lowest BCUT2D eigenvalue weighted by molar-refractivity contribution is -0.136. The summed E-state index contributed by atoms with van der Waals surface area (Å²) < 4.78 is 47.6. The van der Waals surface area contributed by atoms with Gasteiger partial charge in [0.2, 0.25) is 5.91 Å². The van der Waals surface area contributed by atoms with Crippen LogP contribution < -0.4 is 9.64 Å². The Labute approximate surface area is 214 Å². The number of fused-ring (bicyclic) bond motifs is 3. The zero-order chi connectivity index (χ0) is 25.6. The van der Waals surface area contributed by atoms with Crippen LogP contribution in [0.3, 0.4) is 0 Å². The lowest BCUT2D eigenvalue weighted by atomic mass is 9.87. The third kappa shape index (κ3) is 4.23. The molecule has 0 saturated carbocycles. The molecule has 2 heterocycles. The first-order chi connectivity index (χ1) is 17.9. The molecular weight excluding hydrogens is 497 g/mol. The van der Waals surface area contributed by atoms with E-state index in [1.807, 2.05) is 66.7 Å². The average molecular weight is 517 g/mol. The van der Waals surface area contributed by atoms with Crippen LogP contribution in [-0.2, 0) is 17.5 Å². The van der Waals surface area contributed by atoms with Crippen LogP contribution in [-0.4, -0.2) is 10.9 Å². The number of alkyl halides is 3. The number of anilines is 1. The highest BCUT2D eigenvalue weighted by Crippen LogP contribution is 2.46. The predicted octanol–water partition coefficient (Wildman–Crippen LogP) is 7.79. The molecule has 1 aromatic heterocycles. The number of hydrogen-bond acceptors (Lipinski definition) is 4. The van der Waals surface area contributed by atoms with Crippen molar-refractivity contribution in [2.24, 2.45) is 0 Å². The second kappa shape index (κ2) is 9.05. The Kier molecular flexibility index (Phi) is 5.68. The molecule has 0 fully saturated rings. The van der Waals surface area contributed by atoms with Crippen molar-refractivity contribution in [3.05, 3.63) is 119 Å². The van der Waals surface area contributed by atoms with Crippen molar-refractivity contribution in [3.8, 4) is 11.5 Å². The van der Waals surface area contributed by atoms with Crippen LogP contribution >= 0.6 is 11.3 Å². The molecule has 0 aliphatic carbocycles. The molecule has 1 aliphatic rings. The lowest BCUT2D eigenvalue weighted by Crippen LogP contribution is -2.36. The summed E-state index contributed by atoms with van der Waals surface area (Å²) >= 11 is 1.07. The minimum atomic E-state index is -4.56. The molecule has 0 spiro atoms. The first kappa shape index (κ1) is 23.2. The van der Waals surface area contributed by atoms with Crippen molar-refractivity contribution in [2.45, 2.75) is 18.6 Å². The molecule has 0 N–H and O–H groups in total. The van der Waals surface area contributed by atoms with Gasteiger partial charge in [0.15, 0.2) is 5.13 Å². The highest BCUT2D eigenvalue weighted by molar-refractivity contribution is 7.22. The molecule has 1 amide bonds. The van der Waals surface area contributed by atoms with Gasteiger partial charge < -0.3 is 4.74 Å². The molecule has 0 unspecified atom stereocenters. The van der Waals surface area contributed by atoms with Crippen LogP contribution in [0.25, 0.3) is 10.2 Å². The fourth-order valence-corrected chi connectivity index (χ4v) is 5.62. The van der Waals surface area contributed by atoms with Crippen LogP contribution in [0.15, 0.2) is 97.1 Å². The van der Waals surface area contributed by atoms with E-state index in [2.05, 4.69) is 4.98 Å². The van der Waals surface area contributed by atoms with E-state index >= 15 is 0 Å². The Morgan fingerprint density at radius 1 is 0.838 bits per heavy atom. The molecule has 37 heavy (non-hydrogen) atoms. The van der Waals surface area contributed by atoms with Gasteiger partial charge >= 0.3 is 6.18 Å². The molecule has 6 rings (SSSR count). The molecule has 0 radical (unpaired) electrons. The minimum Gasteiger partial charge on any atom is -0.457 e. The van der Waals surface area contributed by atoms with Gasteiger partial charge in [-0.1, -0.05) is 84.1 Å². The second-order valence-corrected chi connectivity index (χ2v) is 9.68. The number of amides is 1. The lowest BCUT2D eigenvalue weighted by Gasteiger charge is -2.31. The molecule has 1 aliphatic heterocycles. The molecule has 4 nitrogen and oxygen atoms in total. The number of thiazole rings is 1. The first-order valence-corrected chi connectivity index (χ1v) is 12.4. The number of aromatic nitrogens is 1. The third-order valence-corrected chi connectivity index (χ3v) is 7.36. The quantitative estimate of drug-likeness (QED) is 0.245. The van der Waals surface area contributed by atoms with Gasteiger partial charge in [0.05, 0.1) is 28.2 Å². The van der Waals surface area contributed by atoms with Gasteiger partial charge in [-0.15, -0.1) is 0 Å². The molecule has 0 bridgehead atoms. The fraction of sp³-hybridized carbons (Fsp3) is 0.103. The third-order valence-electron chi connectivity index (χ3n) is 6.32. The average Bonchev–Trinajstić information content (AvgIpc) is 3.34. The summed E-state index contributed by atoms with van der Waals surface area (Å²) in [5.41, 5.74) is 1.25. The minimum absolute atomic E-state index is 0.155. The maximum atomic E-state index is 14.4. The Balaban J connectivity index is 1.51. The highest BCUT2D eigenvalue weighted by atomic mass is 32.1. The number of hydrogen-bond donors (Lipinski definition) is 0. The number of rotatable bonds is 4. The standard InChI is InChI=1S/C29H19F3N2O2S/c30-29(31,32)21-13-8-16-24-26(21)33-28(37-24)34(17-18-9-2-1-3-10-18)27(35)25-19-11-4-6-14-22(19)36-23-15-7-5-12-20(23)25/h1-16,25H,17H2. The SMILES string of the molecule is O=C(C1c2ccccc2Oc2ccccc21)N(Cc1ccccc1)c1nc2c(C(F)(F)F)cccc2s1. The Bertz CT molecular complexity index is 1570. The van der Waals surface area contributed by atoms with Crippen LogP contribution in [0.1, 0.15) is 28.2 Å². The van der Waals surface area contributed by atoms with Crippen molar-refractivity contribution in [1.29, 1.82) is 0 Å². The maximum absolute atomic E-state index is 14.4. The maximum Gasteiger partial charge on any atom is 0.418 e. The zero-order valence-electron chi connectivity index (χ0n) is 19.3. The molecule has 0 atom stereocenters. The van der Waals surface area contributed by atoms with Crippen molar-refractivity contribution in [3.63, 3.8) is 0 Å². The molecule has 0 saturated heterocycles. The number of benzene rings is 4. The van der Waals surface area contributed by atoms with E-state index in [4.69, 9.17) is 4.74 Å². The van der Waals surface area contributed by atoms with Crippen molar-refractivity contribution in [2.75, 3.05) is 4.90 Å². The van der Waals surface area contributed by atoms with Crippen LogP contribution in [0.2, 0.25) is 0 Å². The Morgan fingerprint density at radius 2 is 1.46 bits per heavy atom. The van der Waals surface area contributed by atoms with Crippen LogP contribution in [0.4, 0.5) is 18.3 Å². The van der Waals surface area contributed by atoms with E-state index in [0.29, 0.717) is 27.3 Å². The van der Waals surface area contributed by atoms with Crippen molar-refractivity contribution >= 4 is 32.6 Å². The summed E-state index contributed by atoms with van der Waals surface area (Å²) in [6.45, 7) is 0.155. The molecule has 184 valence electrons. The van der Waals surface area contributed by atoms with Gasteiger partial charge in [0.25, 0.3) is 0 Å². The predicted molar refractivity (Wildman–Crippen MR) is 137 cm³/mol. The monoisotopic (exact) mass is 516 g/mol. The smallest absolute Gasteiger partial charge is 0.418 e. The van der Waals surface area contributed by atoms with Gasteiger partial charge in [0, 0.05) is 11.1 Å². The first-order valence-electron chi connectivity index (χ1n) is 11.6. The van der Waals surface area contributed by atoms with E-state index in [1.165, 1.54) is 11.0 Å². The topological polar surface area (TPSA) is 42.4 Å². The van der Waals surface area contributed by atoms with Gasteiger partial charge in [-0.2, -0.15) is 13.2 Å². The van der Waals surface area contributed by atoms with E-state index in [-0.39, 0.29) is 23.1 Å². The second-order valence-electron chi connectivity index (χ2n) is 8.67. The summed E-state index contributed by atoms with van der Waals surface area (Å²) in [6, 6.07) is 28.0. The molecular formula is C29H19F3N2O2S. The number of para-hydroxylation sites is 3. The van der Waals surface area contributed by atoms with Gasteiger partial charge in [-0.3, -0.25) is 9.69 Å². The number of ether oxygens (including phenoxy) is 1. The molecule has 8 heteroatoms. The number of nitrogens with zero attached hydrogens (tertiary/aromatic N) is 2. The van der Waals surface area contributed by atoms with E-state index < -0.39 is 17.7 Å². The highest BCUT2D eigenvalue weighted by Gasteiger charge is 2.38. The summed E-state index contributed by atoms with van der Waals surface area (Å²) in [7, 11) is 0. The summed E-state index contributed by atoms with van der Waals surface area (Å²) in [6.07, 6.45) is -4.56. The number of halogens is 3. The van der Waals surface area contributed by atoms with E-state index in [0.717, 1.165) is 23.0 Å². The molecule has 5 aromatic rings. The zero-order valence-corrected chi connectivity index (χ0v) is 20.1. The number of carbonyl (C=O) groups excluding carboxylic acids is 1. The van der Waals surface area contributed by atoms with Crippen LogP contribution in [0.5, 0.6) is 11.5 Å². The number of carbonyl (C=O) groups is 1. The summed E-state index contributed by atoms with van der Waals surface area (Å²) in [4.78, 5) is 20.3. The van der Waals surface area contributed by atoms with Crippen molar-refractivity contribution in [1.82, 2.24) is 4.98 Å². The van der Waals surface area contributed by atoms with Gasteiger partial charge in [-0.25, -0.2) is 4.98 Å².